The molecule has 15 rings (SSSR count). The number of Topliss-reactive ketones (excluding diaryl/α,β-unsaturated/α-hetero) is 2. The van der Waals surface area contributed by atoms with Crippen LogP contribution in [0.3, 0.4) is 0 Å². The number of rotatable bonds is 12. The Balaban J connectivity index is 0.795. The number of fused-ring (bicyclic) bond motifs is 16. The molecule has 0 radical (unpaired) electrons. The molecule has 408 valence electrons. The van der Waals surface area contributed by atoms with Crippen LogP contribution in [0.1, 0.15) is 105 Å². The van der Waals surface area contributed by atoms with Crippen molar-refractivity contribution in [3.8, 4) is 34.5 Å². The zero-order valence-electron chi connectivity index (χ0n) is 43.2. The molecule has 7 fully saturated rings. The molecule has 2 N–H and O–H groups in total. The number of methoxy groups -OCH3 is 2. The lowest BCUT2D eigenvalue weighted by atomic mass is 9.78. The summed E-state index contributed by atoms with van der Waals surface area (Å²) in [6.45, 7) is 6.05. The molecule has 2 spiro atoms. The third-order valence-corrected chi connectivity index (χ3v) is 17.8. The molecule has 0 amide bonds. The fourth-order valence-electron chi connectivity index (χ4n) is 14.3. The summed E-state index contributed by atoms with van der Waals surface area (Å²) in [6, 6.07) is 3.87. The summed E-state index contributed by atoms with van der Waals surface area (Å²) < 4.78 is 105. The van der Waals surface area contributed by atoms with Gasteiger partial charge in [-0.05, 0) is 75.6 Å². The largest absolute Gasteiger partial charge is 0.506 e. The van der Waals surface area contributed by atoms with Gasteiger partial charge in [0.15, 0.2) is 35.7 Å². The Bertz CT molecular complexity index is 3220. The summed E-state index contributed by atoms with van der Waals surface area (Å²) in [5.74, 6) is -4.15. The number of hydrogen-bond donors (Lipinski definition) is 2. The topological polar surface area (TPSA) is 229 Å². The number of epoxide rings is 2. The van der Waals surface area contributed by atoms with E-state index in [0.29, 0.717) is 114 Å². The summed E-state index contributed by atoms with van der Waals surface area (Å²) in [5, 5.41) is 26.2. The molecule has 9 heterocycles. The smallest absolute Gasteiger partial charge is 0.277 e. The molecule has 4 aromatic carbocycles. The molecule has 20 nitrogen and oxygen atoms in total. The first kappa shape index (κ1) is 48.9. The van der Waals surface area contributed by atoms with E-state index in [1.54, 1.807) is 26.4 Å². The van der Waals surface area contributed by atoms with E-state index in [-0.39, 0.29) is 98.2 Å². The fourth-order valence-corrected chi connectivity index (χ4v) is 14.3. The number of benzene rings is 4. The second kappa shape index (κ2) is 17.4. The number of aromatic hydroxyl groups is 2. The summed E-state index contributed by atoms with van der Waals surface area (Å²) >= 11 is 0. The number of carbonyl (C=O) groups is 2. The molecule has 0 aromatic heterocycles. The summed E-state index contributed by atoms with van der Waals surface area (Å²) in [5.41, 5.74) is 2.08. The number of carbonyl (C=O) groups excluding carboxylic acids is 2. The molecule has 0 saturated carbocycles. The molecular weight excluding hydrogens is 1000 g/mol. The van der Waals surface area contributed by atoms with Gasteiger partial charge in [-0.2, -0.15) is 0 Å². The number of ketones is 2. The minimum atomic E-state index is -1.70. The van der Waals surface area contributed by atoms with Crippen molar-refractivity contribution in [3.05, 3.63) is 68.8 Å². The van der Waals surface area contributed by atoms with Gasteiger partial charge in [-0.1, -0.05) is 12.2 Å². The molecule has 9 aliphatic heterocycles. The van der Waals surface area contributed by atoms with E-state index in [1.165, 1.54) is 0 Å². The van der Waals surface area contributed by atoms with E-state index in [2.05, 4.69) is 0 Å². The van der Waals surface area contributed by atoms with E-state index >= 15 is 0 Å². The van der Waals surface area contributed by atoms with Crippen molar-refractivity contribution in [2.75, 3.05) is 80.3 Å². The molecule has 77 heavy (non-hydrogen) atoms. The van der Waals surface area contributed by atoms with Gasteiger partial charge in [0, 0.05) is 45.9 Å². The Labute approximate surface area is 441 Å². The van der Waals surface area contributed by atoms with Gasteiger partial charge in [0.05, 0.1) is 102 Å². The molecule has 5 unspecified atom stereocenters. The van der Waals surface area contributed by atoms with Crippen molar-refractivity contribution in [3.63, 3.8) is 0 Å². The monoisotopic (exact) mass is 1060 g/mol. The maximum atomic E-state index is 13.6. The maximum absolute atomic E-state index is 13.6. The van der Waals surface area contributed by atoms with Gasteiger partial charge in [0.25, 0.3) is 17.4 Å². The minimum absolute atomic E-state index is 0.0291. The second-order valence-electron chi connectivity index (χ2n) is 22.0. The highest BCUT2D eigenvalue weighted by Crippen LogP contribution is 2.72. The third-order valence-electron chi connectivity index (χ3n) is 17.8. The van der Waals surface area contributed by atoms with Gasteiger partial charge in [-0.25, -0.2) is 0 Å². The van der Waals surface area contributed by atoms with Crippen LogP contribution in [-0.4, -0.2) is 155 Å². The molecule has 9 atom stereocenters. The normalized spacial score (nSPS) is 34.5. The van der Waals surface area contributed by atoms with Gasteiger partial charge >= 0.3 is 0 Å². The Morgan fingerprint density at radius 3 is 1.75 bits per heavy atom. The average molecular weight is 1070 g/mol. The highest BCUT2D eigenvalue weighted by atomic mass is 16.9. The molecule has 4 aromatic rings. The molecule has 11 aliphatic rings. The molecule has 7 saturated heterocycles. The van der Waals surface area contributed by atoms with Crippen LogP contribution < -0.4 is 18.9 Å². The van der Waals surface area contributed by atoms with Crippen LogP contribution in [0, 0.1) is 13.8 Å². The van der Waals surface area contributed by atoms with Crippen LogP contribution in [0.25, 0.3) is 21.5 Å². The van der Waals surface area contributed by atoms with Crippen LogP contribution in [0.5, 0.6) is 34.5 Å². The molecule has 2 aliphatic carbocycles. The zero-order chi connectivity index (χ0) is 52.4. The summed E-state index contributed by atoms with van der Waals surface area (Å²) in [7, 11) is 3.13. The Morgan fingerprint density at radius 1 is 0.649 bits per heavy atom. The van der Waals surface area contributed by atoms with Crippen LogP contribution in [-0.2, 0) is 69.7 Å². The van der Waals surface area contributed by atoms with Crippen molar-refractivity contribution in [1.82, 2.24) is 0 Å². The first-order valence-electron chi connectivity index (χ1n) is 26.9. The quantitative estimate of drug-likeness (QED) is 0.118. The van der Waals surface area contributed by atoms with Crippen LogP contribution in [0.15, 0.2) is 24.3 Å². The van der Waals surface area contributed by atoms with Gasteiger partial charge in [0.1, 0.15) is 46.7 Å². The molecular formula is C57H60O20. The van der Waals surface area contributed by atoms with Crippen molar-refractivity contribution in [2.45, 2.75) is 131 Å². The molecule has 20 heteroatoms. The zero-order valence-corrected chi connectivity index (χ0v) is 43.2. The SMILES string of the molecule is COc1c2c(c(O)c3c4c(c(C)cc13)C1OC[C@]3(CO3)[C@](OC/C=C/CO[C@@]35Oc6c(c(C)cc7c(OC)c8c(c(O)c67)C(=O)CCC8)C6OC(C7OCCCO7)(OC63)[C@]53CO3)(O4)C1OCC1OCCCO1)C(=O)CCC2. The highest BCUT2D eigenvalue weighted by Gasteiger charge is 2.93. The van der Waals surface area contributed by atoms with Gasteiger partial charge in [-0.15, -0.1) is 0 Å². The number of hydrogen-bond acceptors (Lipinski definition) is 20. The Hall–Kier alpha value is -5.20. The van der Waals surface area contributed by atoms with Crippen LogP contribution in [0.2, 0.25) is 0 Å². The lowest BCUT2D eigenvalue weighted by Gasteiger charge is -2.53. The van der Waals surface area contributed by atoms with Crippen molar-refractivity contribution < 1.29 is 95.6 Å². The molecule has 4 bridgehead atoms. The van der Waals surface area contributed by atoms with E-state index in [4.69, 9.17) is 75.8 Å². The number of ether oxygens (including phenoxy) is 16. The lowest BCUT2D eigenvalue weighted by Crippen LogP contribution is -2.70. The summed E-state index contributed by atoms with van der Waals surface area (Å²) in [4.78, 5) is 27.2. The first-order chi connectivity index (χ1) is 37.5. The van der Waals surface area contributed by atoms with Gasteiger partial charge < -0.3 is 86.0 Å². The maximum Gasteiger partial charge on any atom is 0.277 e. The first-order valence-corrected chi connectivity index (χ1v) is 26.9. The Kier molecular flexibility index (Phi) is 11.0. The van der Waals surface area contributed by atoms with Gasteiger partial charge in [0.2, 0.25) is 11.9 Å². The Morgan fingerprint density at radius 2 is 1.19 bits per heavy atom. The predicted octanol–water partition coefficient (Wildman–Crippen LogP) is 6.23. The number of phenolic OH excluding ortho intramolecular Hbond substituents is 2. The lowest BCUT2D eigenvalue weighted by molar-refractivity contribution is -0.366. The van der Waals surface area contributed by atoms with Crippen LogP contribution in [0.4, 0.5) is 0 Å². The highest BCUT2D eigenvalue weighted by molar-refractivity contribution is 6.13. The van der Waals surface area contributed by atoms with Crippen LogP contribution >= 0.6 is 0 Å². The standard InChI is InChI=1S/C57H60O20/c1-27-21-31-40(42(60)38-29(44(31)62-3)11-7-13-33(38)58)46-36(27)48-50(68-23-35-64-15-9-16-65-35)55(74-46,53(24-69-48)25-72-53)70-19-5-6-20-71-56-51-49(76-57(77-51,54(56)26-73-54)52-66-17-10-18-67-52)37-28(2)22-32-41(47(37)75-56)43(61)39-30(45(32)63-4)12-8-14-34(39)59/h5-6,21-22,35,48-52,60-61H,7-20,23-26H2,1-4H3/b6-5+/t48?,49?,50?,51?,53-,54-,55+,56+,57?/m0/s1. The minimum Gasteiger partial charge on any atom is -0.506 e. The van der Waals surface area contributed by atoms with Crippen molar-refractivity contribution in [2.24, 2.45) is 0 Å². The average Bonchev–Trinajstić information content (AvgIpc) is 2.61. The third kappa shape index (κ3) is 6.46. The van der Waals surface area contributed by atoms with Gasteiger partial charge in [-0.3, -0.25) is 9.59 Å². The van der Waals surface area contributed by atoms with Crippen molar-refractivity contribution >= 4 is 33.1 Å². The number of aryl methyl sites for hydroxylation is 2. The van der Waals surface area contributed by atoms with E-state index < -0.39 is 65.6 Å². The van der Waals surface area contributed by atoms with E-state index in [1.807, 2.05) is 26.0 Å². The van der Waals surface area contributed by atoms with E-state index in [9.17, 15) is 19.8 Å². The predicted molar refractivity (Wildman–Crippen MR) is 264 cm³/mol. The van der Waals surface area contributed by atoms with Crippen molar-refractivity contribution in [1.29, 1.82) is 0 Å². The fraction of sp³-hybridized carbons (Fsp3) is 0.579. The van der Waals surface area contributed by atoms with E-state index in [0.717, 1.165) is 17.5 Å². The number of phenols is 2. The second-order valence-corrected chi connectivity index (χ2v) is 22.0. The summed E-state index contributed by atoms with van der Waals surface area (Å²) in [6.07, 6.45) is 2.93.